The number of nitrogens with zero attached hydrogens (tertiary/aromatic N) is 2. The van der Waals surface area contributed by atoms with Crippen LogP contribution >= 0.6 is 11.8 Å². The molecule has 0 unspecified atom stereocenters. The summed E-state index contributed by atoms with van der Waals surface area (Å²) in [7, 11) is 0. The molecule has 1 heterocycles. The molecule has 0 atom stereocenters. The van der Waals surface area contributed by atoms with Crippen LogP contribution in [-0.2, 0) is 0 Å². The highest BCUT2D eigenvalue weighted by Crippen LogP contribution is 2.19. The van der Waals surface area contributed by atoms with Crippen LogP contribution < -0.4 is 5.56 Å². The van der Waals surface area contributed by atoms with Crippen molar-refractivity contribution >= 4 is 34.8 Å². The largest absolute Gasteiger partial charge is 0.268 e. The Morgan fingerprint density at radius 3 is 2.28 bits per heavy atom. The van der Waals surface area contributed by atoms with Crippen LogP contribution in [0.3, 0.4) is 0 Å². The molecular formula is C25H22N2OS. The Morgan fingerprint density at radius 2 is 1.59 bits per heavy atom. The molecule has 0 aliphatic heterocycles. The zero-order valence-electron chi connectivity index (χ0n) is 16.7. The standard InChI is InChI=1S/C25H22N2OS/c1-17-14-18(2)16-20(15-17)27-24(13-10-19-8-11-21(29-3)12-9-19)26-23-7-5-4-6-22(23)25(27)28/h4-16H,1-3H3. The molecule has 0 amide bonds. The molecule has 0 fully saturated rings. The Labute approximate surface area is 174 Å². The van der Waals surface area contributed by atoms with Gasteiger partial charge in [0.2, 0.25) is 0 Å². The molecule has 0 saturated heterocycles. The summed E-state index contributed by atoms with van der Waals surface area (Å²) in [5, 5.41) is 0.619. The van der Waals surface area contributed by atoms with Gasteiger partial charge in [-0.25, -0.2) is 4.98 Å². The van der Waals surface area contributed by atoms with Crippen LogP contribution in [0.2, 0.25) is 0 Å². The van der Waals surface area contributed by atoms with E-state index >= 15 is 0 Å². The van der Waals surface area contributed by atoms with Crippen molar-refractivity contribution in [3.63, 3.8) is 0 Å². The molecule has 1 aromatic heterocycles. The van der Waals surface area contributed by atoms with Gasteiger partial charge in [0.15, 0.2) is 0 Å². The van der Waals surface area contributed by atoms with Crippen molar-refractivity contribution in [2.75, 3.05) is 6.26 Å². The van der Waals surface area contributed by atoms with E-state index in [0.717, 1.165) is 22.4 Å². The smallest absolute Gasteiger partial charge is 0.266 e. The molecule has 0 bridgehead atoms. The van der Waals surface area contributed by atoms with Crippen LogP contribution in [0, 0.1) is 13.8 Å². The molecule has 4 heteroatoms. The van der Waals surface area contributed by atoms with E-state index in [1.807, 2.05) is 62.4 Å². The first kappa shape index (κ1) is 19.2. The highest BCUT2D eigenvalue weighted by molar-refractivity contribution is 7.98. The summed E-state index contributed by atoms with van der Waals surface area (Å²) in [5.41, 5.74) is 4.78. The molecule has 29 heavy (non-hydrogen) atoms. The van der Waals surface area contributed by atoms with Crippen LogP contribution in [0.5, 0.6) is 0 Å². The van der Waals surface area contributed by atoms with Crippen molar-refractivity contribution in [3.8, 4) is 5.69 Å². The van der Waals surface area contributed by atoms with E-state index in [-0.39, 0.29) is 5.56 Å². The van der Waals surface area contributed by atoms with Gasteiger partial charge in [-0.2, -0.15) is 0 Å². The van der Waals surface area contributed by atoms with E-state index in [0.29, 0.717) is 16.7 Å². The molecule has 0 aliphatic carbocycles. The lowest BCUT2D eigenvalue weighted by Gasteiger charge is -2.13. The van der Waals surface area contributed by atoms with Gasteiger partial charge in [0.05, 0.1) is 16.6 Å². The Morgan fingerprint density at radius 1 is 0.897 bits per heavy atom. The topological polar surface area (TPSA) is 34.9 Å². The Balaban J connectivity index is 1.91. The maximum absolute atomic E-state index is 13.4. The summed E-state index contributed by atoms with van der Waals surface area (Å²) in [4.78, 5) is 19.4. The Kier molecular flexibility index (Phi) is 5.36. The average Bonchev–Trinajstić information content (AvgIpc) is 2.72. The normalized spacial score (nSPS) is 11.4. The van der Waals surface area contributed by atoms with E-state index in [4.69, 9.17) is 4.98 Å². The molecule has 144 valence electrons. The van der Waals surface area contributed by atoms with Gasteiger partial charge >= 0.3 is 0 Å². The van der Waals surface area contributed by atoms with Crippen LogP contribution in [0.1, 0.15) is 22.5 Å². The number of benzene rings is 3. The van der Waals surface area contributed by atoms with Gasteiger partial charge in [0, 0.05) is 4.90 Å². The minimum absolute atomic E-state index is 0.0574. The minimum Gasteiger partial charge on any atom is -0.268 e. The zero-order chi connectivity index (χ0) is 20.4. The quantitative estimate of drug-likeness (QED) is 0.402. The summed E-state index contributed by atoms with van der Waals surface area (Å²) >= 11 is 1.72. The van der Waals surface area contributed by atoms with Gasteiger partial charge in [-0.1, -0.05) is 36.4 Å². The average molecular weight is 399 g/mol. The van der Waals surface area contributed by atoms with Crippen molar-refractivity contribution in [1.82, 2.24) is 9.55 Å². The fourth-order valence-electron chi connectivity index (χ4n) is 3.48. The predicted molar refractivity (Wildman–Crippen MR) is 124 cm³/mol. The molecule has 0 saturated carbocycles. The van der Waals surface area contributed by atoms with Crippen LogP contribution in [0.15, 0.2) is 76.4 Å². The van der Waals surface area contributed by atoms with Gasteiger partial charge in [0.1, 0.15) is 5.82 Å². The highest BCUT2D eigenvalue weighted by atomic mass is 32.2. The lowest BCUT2D eigenvalue weighted by molar-refractivity contribution is 0.940. The lowest BCUT2D eigenvalue weighted by atomic mass is 10.1. The second kappa shape index (κ2) is 8.10. The number of aromatic nitrogens is 2. The summed E-state index contributed by atoms with van der Waals surface area (Å²) in [6.07, 6.45) is 5.98. The maximum atomic E-state index is 13.4. The number of hydrogen-bond donors (Lipinski definition) is 0. The van der Waals surface area contributed by atoms with E-state index in [9.17, 15) is 4.79 Å². The first-order chi connectivity index (χ1) is 14.0. The third-order valence-electron chi connectivity index (χ3n) is 4.81. The van der Waals surface area contributed by atoms with E-state index < -0.39 is 0 Å². The number of hydrogen-bond acceptors (Lipinski definition) is 3. The van der Waals surface area contributed by atoms with E-state index in [1.54, 1.807) is 16.3 Å². The number of thioether (sulfide) groups is 1. The van der Waals surface area contributed by atoms with E-state index in [1.165, 1.54) is 4.90 Å². The summed E-state index contributed by atoms with van der Waals surface area (Å²) in [5.74, 6) is 0.618. The van der Waals surface area contributed by atoms with Gasteiger partial charge in [0.25, 0.3) is 5.56 Å². The van der Waals surface area contributed by atoms with Crippen molar-refractivity contribution in [1.29, 1.82) is 0 Å². The van der Waals surface area contributed by atoms with Gasteiger partial charge in [-0.05, 0) is 79.3 Å². The molecule has 0 aliphatic rings. The first-order valence-corrected chi connectivity index (χ1v) is 10.7. The summed E-state index contributed by atoms with van der Waals surface area (Å²) in [6.45, 7) is 4.08. The van der Waals surface area contributed by atoms with Crippen molar-refractivity contribution in [3.05, 3.63) is 99.6 Å². The minimum atomic E-state index is -0.0574. The molecule has 3 aromatic carbocycles. The van der Waals surface area contributed by atoms with Gasteiger partial charge in [-0.3, -0.25) is 9.36 Å². The predicted octanol–water partition coefficient (Wildman–Crippen LogP) is 5.89. The van der Waals surface area contributed by atoms with Gasteiger partial charge < -0.3 is 0 Å². The number of para-hydroxylation sites is 1. The number of rotatable bonds is 4. The lowest BCUT2D eigenvalue weighted by Crippen LogP contribution is -2.22. The Hall–Kier alpha value is -3.11. The second-order valence-corrected chi connectivity index (χ2v) is 7.96. The SMILES string of the molecule is CSc1ccc(C=Cc2nc3ccccc3c(=O)n2-c2cc(C)cc(C)c2)cc1. The fraction of sp³-hybridized carbons (Fsp3) is 0.120. The first-order valence-electron chi connectivity index (χ1n) is 9.48. The summed E-state index contributed by atoms with van der Waals surface area (Å²) in [6, 6.07) is 22.0. The molecular weight excluding hydrogens is 376 g/mol. The molecule has 0 spiro atoms. The van der Waals surface area contributed by atoms with Crippen LogP contribution in [-0.4, -0.2) is 15.8 Å². The second-order valence-electron chi connectivity index (χ2n) is 7.08. The van der Waals surface area contributed by atoms with Crippen LogP contribution in [0.25, 0.3) is 28.7 Å². The van der Waals surface area contributed by atoms with Crippen molar-refractivity contribution in [2.45, 2.75) is 18.7 Å². The number of fused-ring (bicyclic) bond motifs is 1. The number of aryl methyl sites for hydroxylation is 2. The molecule has 3 nitrogen and oxygen atoms in total. The van der Waals surface area contributed by atoms with Crippen LogP contribution in [0.4, 0.5) is 0 Å². The zero-order valence-corrected chi connectivity index (χ0v) is 17.5. The fourth-order valence-corrected chi connectivity index (χ4v) is 3.88. The summed E-state index contributed by atoms with van der Waals surface area (Å²) < 4.78 is 1.70. The van der Waals surface area contributed by atoms with Gasteiger partial charge in [-0.15, -0.1) is 11.8 Å². The molecule has 0 N–H and O–H groups in total. The van der Waals surface area contributed by atoms with E-state index in [2.05, 4.69) is 36.6 Å². The van der Waals surface area contributed by atoms with Crippen molar-refractivity contribution < 1.29 is 0 Å². The third-order valence-corrected chi connectivity index (χ3v) is 5.55. The monoisotopic (exact) mass is 398 g/mol. The molecule has 4 aromatic rings. The Bertz CT molecular complexity index is 1250. The van der Waals surface area contributed by atoms with Crippen molar-refractivity contribution in [2.24, 2.45) is 0 Å². The molecule has 4 rings (SSSR count). The molecule has 0 radical (unpaired) electrons. The third kappa shape index (κ3) is 4.03. The highest BCUT2D eigenvalue weighted by Gasteiger charge is 2.11. The maximum Gasteiger partial charge on any atom is 0.266 e.